The van der Waals surface area contributed by atoms with Crippen molar-refractivity contribution in [2.45, 2.75) is 27.3 Å². The quantitative estimate of drug-likeness (QED) is 0.823. The summed E-state index contributed by atoms with van der Waals surface area (Å²) in [6.07, 6.45) is 0. The molecule has 1 saturated heterocycles. The van der Waals surface area contributed by atoms with Crippen LogP contribution in [0, 0.1) is 12.8 Å². The Morgan fingerprint density at radius 1 is 1.04 bits per heavy atom. The molecule has 1 fully saturated rings. The molecule has 1 N–H and O–H groups in total. The van der Waals surface area contributed by atoms with E-state index in [2.05, 4.69) is 57.1 Å². The summed E-state index contributed by atoms with van der Waals surface area (Å²) in [5.74, 6) is 5.02. The van der Waals surface area contributed by atoms with Crippen LogP contribution in [0.5, 0.6) is 11.5 Å². The maximum atomic E-state index is 5.49. The van der Waals surface area contributed by atoms with E-state index in [4.69, 9.17) is 9.47 Å². The van der Waals surface area contributed by atoms with Gasteiger partial charge in [0.05, 0.1) is 0 Å². The van der Waals surface area contributed by atoms with E-state index >= 15 is 0 Å². The van der Waals surface area contributed by atoms with Crippen LogP contribution in [0.3, 0.4) is 0 Å². The summed E-state index contributed by atoms with van der Waals surface area (Å²) in [5, 5.41) is 3.42. The lowest BCUT2D eigenvalue weighted by Gasteiger charge is -2.35. The van der Waals surface area contributed by atoms with Gasteiger partial charge in [-0.25, -0.2) is 9.97 Å². The zero-order chi connectivity index (χ0) is 19.5. The number of hydrogen-bond donors (Lipinski definition) is 1. The smallest absolute Gasteiger partial charge is 0.231 e. The Balaban J connectivity index is 1.35. The monoisotopic (exact) mass is 383 g/mol. The number of piperazine rings is 1. The molecule has 2 aromatic rings. The summed E-state index contributed by atoms with van der Waals surface area (Å²) >= 11 is 0. The molecule has 2 aliphatic heterocycles. The predicted octanol–water partition coefficient (Wildman–Crippen LogP) is 2.90. The minimum Gasteiger partial charge on any atom is -0.454 e. The Morgan fingerprint density at radius 2 is 1.82 bits per heavy atom. The van der Waals surface area contributed by atoms with Gasteiger partial charge in [0.1, 0.15) is 17.5 Å². The molecule has 0 radical (unpaired) electrons. The van der Waals surface area contributed by atoms with Crippen LogP contribution < -0.4 is 19.7 Å². The van der Waals surface area contributed by atoms with E-state index in [0.717, 1.165) is 68.2 Å². The van der Waals surface area contributed by atoms with Crippen molar-refractivity contribution >= 4 is 11.6 Å². The van der Waals surface area contributed by atoms with Crippen LogP contribution in [-0.2, 0) is 6.54 Å². The lowest BCUT2D eigenvalue weighted by molar-refractivity contribution is 0.174. The molecule has 0 unspecified atom stereocenters. The first-order chi connectivity index (χ1) is 13.6. The zero-order valence-electron chi connectivity index (χ0n) is 16.9. The van der Waals surface area contributed by atoms with Crippen molar-refractivity contribution in [1.82, 2.24) is 14.9 Å². The molecule has 0 amide bonds. The van der Waals surface area contributed by atoms with Gasteiger partial charge in [0, 0.05) is 45.3 Å². The second-order valence-corrected chi connectivity index (χ2v) is 7.88. The summed E-state index contributed by atoms with van der Waals surface area (Å²) < 4.78 is 10.9. The van der Waals surface area contributed by atoms with Crippen LogP contribution in [0.25, 0.3) is 0 Å². The first kappa shape index (κ1) is 18.8. The Labute approximate surface area is 166 Å². The molecule has 7 heteroatoms. The van der Waals surface area contributed by atoms with Crippen molar-refractivity contribution in [3.63, 3.8) is 0 Å². The molecule has 0 aliphatic carbocycles. The average molecular weight is 383 g/mol. The van der Waals surface area contributed by atoms with Gasteiger partial charge in [0.15, 0.2) is 11.5 Å². The number of aryl methyl sites for hydroxylation is 1. The van der Waals surface area contributed by atoms with E-state index in [-0.39, 0.29) is 0 Å². The molecule has 0 bridgehead atoms. The number of nitrogens with one attached hydrogen (secondary N) is 1. The molecule has 1 aromatic heterocycles. The van der Waals surface area contributed by atoms with Gasteiger partial charge in [-0.1, -0.05) is 19.9 Å². The number of fused-ring (bicyclic) bond motifs is 1. The summed E-state index contributed by atoms with van der Waals surface area (Å²) in [5.41, 5.74) is 1.26. The summed E-state index contributed by atoms with van der Waals surface area (Å²) in [6, 6.07) is 8.29. The van der Waals surface area contributed by atoms with Crippen molar-refractivity contribution in [2.24, 2.45) is 5.92 Å². The Morgan fingerprint density at radius 3 is 2.61 bits per heavy atom. The number of anilines is 2. The summed E-state index contributed by atoms with van der Waals surface area (Å²) in [6.45, 7) is 12.5. The van der Waals surface area contributed by atoms with Crippen molar-refractivity contribution < 1.29 is 9.47 Å². The topological polar surface area (TPSA) is 62.8 Å². The predicted molar refractivity (Wildman–Crippen MR) is 110 cm³/mol. The second kappa shape index (κ2) is 8.22. The van der Waals surface area contributed by atoms with E-state index in [1.165, 1.54) is 5.56 Å². The first-order valence-corrected chi connectivity index (χ1v) is 10.0. The van der Waals surface area contributed by atoms with Crippen LogP contribution in [0.1, 0.15) is 25.2 Å². The number of nitrogens with zero attached hydrogens (tertiary/aromatic N) is 4. The van der Waals surface area contributed by atoms with Crippen LogP contribution in [-0.4, -0.2) is 54.4 Å². The fourth-order valence-electron chi connectivity index (χ4n) is 3.55. The van der Waals surface area contributed by atoms with Crippen LogP contribution >= 0.6 is 0 Å². The SMILES string of the molecule is Cc1nc(NCC(C)C)cc(N2CCN(Cc3ccc4c(c3)OCO4)CC2)n1. The van der Waals surface area contributed by atoms with Gasteiger partial charge >= 0.3 is 0 Å². The number of ether oxygens (including phenoxy) is 2. The highest BCUT2D eigenvalue weighted by molar-refractivity contribution is 5.50. The maximum Gasteiger partial charge on any atom is 0.231 e. The normalized spacial score (nSPS) is 16.6. The lowest BCUT2D eigenvalue weighted by atomic mass is 10.1. The second-order valence-electron chi connectivity index (χ2n) is 7.88. The molecule has 4 rings (SSSR count). The van der Waals surface area contributed by atoms with Gasteiger partial charge in [0.2, 0.25) is 6.79 Å². The molecular formula is C21H29N5O2. The molecule has 0 saturated carbocycles. The highest BCUT2D eigenvalue weighted by Gasteiger charge is 2.20. The molecule has 150 valence electrons. The van der Waals surface area contributed by atoms with E-state index in [9.17, 15) is 0 Å². The molecular weight excluding hydrogens is 354 g/mol. The fourth-order valence-corrected chi connectivity index (χ4v) is 3.55. The van der Waals surface area contributed by atoms with E-state index in [1.807, 2.05) is 13.0 Å². The van der Waals surface area contributed by atoms with Crippen molar-refractivity contribution in [2.75, 3.05) is 49.7 Å². The summed E-state index contributed by atoms with van der Waals surface area (Å²) in [7, 11) is 0. The number of aromatic nitrogens is 2. The molecule has 3 heterocycles. The molecule has 0 spiro atoms. The standard InChI is InChI=1S/C21H29N5O2/c1-15(2)12-22-20-11-21(24-16(3)23-20)26-8-6-25(7-9-26)13-17-4-5-18-19(10-17)28-14-27-18/h4-5,10-11,15H,6-9,12-14H2,1-3H3,(H,22,23,24). The third-order valence-electron chi connectivity index (χ3n) is 5.06. The third kappa shape index (κ3) is 4.47. The Hall–Kier alpha value is -2.54. The van der Waals surface area contributed by atoms with Crippen LogP contribution in [0.15, 0.2) is 24.3 Å². The van der Waals surface area contributed by atoms with Gasteiger partial charge < -0.3 is 19.7 Å². The Bertz CT molecular complexity index is 818. The van der Waals surface area contributed by atoms with E-state index in [1.54, 1.807) is 0 Å². The van der Waals surface area contributed by atoms with Gasteiger partial charge in [-0.05, 0) is 30.5 Å². The zero-order valence-corrected chi connectivity index (χ0v) is 16.9. The average Bonchev–Trinajstić information content (AvgIpc) is 3.14. The van der Waals surface area contributed by atoms with Gasteiger partial charge in [0.25, 0.3) is 0 Å². The molecule has 0 atom stereocenters. The molecule has 2 aliphatic rings. The van der Waals surface area contributed by atoms with E-state index < -0.39 is 0 Å². The molecule has 7 nitrogen and oxygen atoms in total. The minimum absolute atomic E-state index is 0.323. The number of rotatable bonds is 6. The molecule has 1 aromatic carbocycles. The first-order valence-electron chi connectivity index (χ1n) is 10.0. The van der Waals surface area contributed by atoms with Crippen LogP contribution in [0.4, 0.5) is 11.6 Å². The van der Waals surface area contributed by atoms with E-state index in [0.29, 0.717) is 12.7 Å². The number of hydrogen-bond acceptors (Lipinski definition) is 7. The maximum absolute atomic E-state index is 5.49. The van der Waals surface area contributed by atoms with Gasteiger partial charge in [-0.15, -0.1) is 0 Å². The summed E-state index contributed by atoms with van der Waals surface area (Å²) in [4.78, 5) is 14.0. The van der Waals surface area contributed by atoms with Gasteiger partial charge in [-0.2, -0.15) is 0 Å². The highest BCUT2D eigenvalue weighted by atomic mass is 16.7. The fraction of sp³-hybridized carbons (Fsp3) is 0.524. The largest absolute Gasteiger partial charge is 0.454 e. The van der Waals surface area contributed by atoms with Crippen molar-refractivity contribution in [3.8, 4) is 11.5 Å². The van der Waals surface area contributed by atoms with Crippen molar-refractivity contribution in [3.05, 3.63) is 35.7 Å². The van der Waals surface area contributed by atoms with Gasteiger partial charge in [-0.3, -0.25) is 4.90 Å². The molecule has 28 heavy (non-hydrogen) atoms. The minimum atomic E-state index is 0.323. The highest BCUT2D eigenvalue weighted by Crippen LogP contribution is 2.33. The Kier molecular flexibility index (Phi) is 5.52. The lowest BCUT2D eigenvalue weighted by Crippen LogP contribution is -2.46. The third-order valence-corrected chi connectivity index (χ3v) is 5.06. The van der Waals surface area contributed by atoms with Crippen LogP contribution in [0.2, 0.25) is 0 Å². The van der Waals surface area contributed by atoms with Crippen molar-refractivity contribution in [1.29, 1.82) is 0 Å². The number of benzene rings is 1.